The first kappa shape index (κ1) is 11.9. The van der Waals surface area contributed by atoms with Gasteiger partial charge in [-0.3, -0.25) is 0 Å². The zero-order chi connectivity index (χ0) is 12.3. The van der Waals surface area contributed by atoms with Crippen LogP contribution in [0.2, 0.25) is 0 Å². The number of methoxy groups -OCH3 is 1. The second-order valence-corrected chi connectivity index (χ2v) is 4.09. The van der Waals surface area contributed by atoms with E-state index in [-0.39, 0.29) is 6.10 Å². The van der Waals surface area contributed by atoms with Gasteiger partial charge in [-0.2, -0.15) is 5.26 Å². The Morgan fingerprint density at radius 2 is 2.18 bits per heavy atom. The third-order valence-electron chi connectivity index (χ3n) is 2.87. The Labute approximate surface area is 101 Å². The zero-order valence-electron chi connectivity index (χ0n) is 9.97. The minimum Gasteiger partial charge on any atom is -0.497 e. The molecule has 4 nitrogen and oxygen atoms in total. The molecule has 1 heterocycles. The smallest absolute Gasteiger partial charge is 0.192 e. The molecular weight excluding hydrogens is 218 g/mol. The lowest BCUT2D eigenvalue weighted by Crippen LogP contribution is -2.23. The van der Waals surface area contributed by atoms with Crippen molar-refractivity contribution in [3.05, 3.63) is 29.8 Å². The summed E-state index contributed by atoms with van der Waals surface area (Å²) in [6, 6.07) is 9.64. The first-order chi connectivity index (χ1) is 8.18. The lowest BCUT2D eigenvalue weighted by atomic mass is 10.1. The molecule has 0 amide bonds. The molecule has 1 saturated heterocycles. The van der Waals surface area contributed by atoms with Crippen LogP contribution in [-0.4, -0.2) is 19.8 Å². The van der Waals surface area contributed by atoms with Gasteiger partial charge in [0.2, 0.25) is 0 Å². The van der Waals surface area contributed by atoms with Gasteiger partial charge in [-0.05, 0) is 31.2 Å². The SMILES string of the molecule is COc1ccc(C2(C)OCC(CC#N)O2)cc1. The van der Waals surface area contributed by atoms with E-state index in [9.17, 15) is 0 Å². The van der Waals surface area contributed by atoms with Crippen LogP contribution in [0.1, 0.15) is 18.9 Å². The van der Waals surface area contributed by atoms with Gasteiger partial charge in [0.25, 0.3) is 0 Å². The van der Waals surface area contributed by atoms with Crippen molar-refractivity contribution in [1.29, 1.82) is 5.26 Å². The molecule has 1 aromatic rings. The summed E-state index contributed by atoms with van der Waals surface area (Å²) >= 11 is 0. The number of benzene rings is 1. The van der Waals surface area contributed by atoms with Gasteiger partial charge >= 0.3 is 0 Å². The largest absolute Gasteiger partial charge is 0.497 e. The topological polar surface area (TPSA) is 51.5 Å². The molecule has 1 aliphatic heterocycles. The Bertz CT molecular complexity index is 423. The fourth-order valence-corrected chi connectivity index (χ4v) is 1.89. The molecule has 2 unspecified atom stereocenters. The Hall–Kier alpha value is -1.57. The third-order valence-corrected chi connectivity index (χ3v) is 2.87. The van der Waals surface area contributed by atoms with Crippen molar-refractivity contribution in [3.8, 4) is 11.8 Å². The number of hydrogen-bond acceptors (Lipinski definition) is 4. The Morgan fingerprint density at radius 3 is 2.76 bits per heavy atom. The van der Waals surface area contributed by atoms with Crippen molar-refractivity contribution in [2.75, 3.05) is 13.7 Å². The van der Waals surface area contributed by atoms with E-state index in [0.29, 0.717) is 13.0 Å². The van der Waals surface area contributed by atoms with Crippen LogP contribution >= 0.6 is 0 Å². The summed E-state index contributed by atoms with van der Waals surface area (Å²) in [5.41, 5.74) is 0.929. The van der Waals surface area contributed by atoms with Crippen molar-refractivity contribution >= 4 is 0 Å². The Morgan fingerprint density at radius 1 is 1.47 bits per heavy atom. The number of nitriles is 1. The highest BCUT2D eigenvalue weighted by Gasteiger charge is 2.38. The highest BCUT2D eigenvalue weighted by molar-refractivity contribution is 5.29. The van der Waals surface area contributed by atoms with Gasteiger partial charge in [-0.15, -0.1) is 0 Å². The second kappa shape index (κ2) is 4.74. The molecule has 1 aromatic carbocycles. The summed E-state index contributed by atoms with van der Waals surface area (Å²) < 4.78 is 16.5. The quantitative estimate of drug-likeness (QED) is 0.803. The van der Waals surface area contributed by atoms with Crippen LogP contribution in [0.5, 0.6) is 5.75 Å². The predicted octanol–water partition coefficient (Wildman–Crippen LogP) is 2.20. The molecule has 0 N–H and O–H groups in total. The molecule has 0 aliphatic carbocycles. The van der Waals surface area contributed by atoms with E-state index in [2.05, 4.69) is 6.07 Å². The first-order valence-corrected chi connectivity index (χ1v) is 5.51. The Balaban J connectivity index is 2.13. The van der Waals surface area contributed by atoms with Crippen LogP contribution in [0.3, 0.4) is 0 Å². The van der Waals surface area contributed by atoms with Crippen LogP contribution < -0.4 is 4.74 Å². The highest BCUT2D eigenvalue weighted by atomic mass is 16.7. The van der Waals surface area contributed by atoms with Gasteiger partial charge in [-0.1, -0.05) is 0 Å². The van der Waals surface area contributed by atoms with Crippen LogP contribution in [0.4, 0.5) is 0 Å². The monoisotopic (exact) mass is 233 g/mol. The predicted molar refractivity (Wildman–Crippen MR) is 61.4 cm³/mol. The molecule has 0 spiro atoms. The van der Waals surface area contributed by atoms with Gasteiger partial charge in [-0.25, -0.2) is 0 Å². The number of rotatable bonds is 3. The summed E-state index contributed by atoms with van der Waals surface area (Å²) in [4.78, 5) is 0. The average molecular weight is 233 g/mol. The zero-order valence-corrected chi connectivity index (χ0v) is 9.97. The summed E-state index contributed by atoms with van der Waals surface area (Å²) in [5.74, 6) is 0.0391. The molecule has 1 aliphatic rings. The van der Waals surface area contributed by atoms with E-state index in [4.69, 9.17) is 19.5 Å². The molecule has 2 atom stereocenters. The maximum absolute atomic E-state index is 8.63. The van der Waals surface area contributed by atoms with Gasteiger partial charge in [0.1, 0.15) is 5.75 Å². The molecular formula is C13H15NO3. The molecule has 0 saturated carbocycles. The van der Waals surface area contributed by atoms with Gasteiger partial charge in [0, 0.05) is 5.56 Å². The average Bonchev–Trinajstić information content (AvgIpc) is 2.73. The van der Waals surface area contributed by atoms with E-state index in [1.807, 2.05) is 31.2 Å². The minimum absolute atomic E-state index is 0.146. The maximum atomic E-state index is 8.63. The fourth-order valence-electron chi connectivity index (χ4n) is 1.89. The normalized spacial score (nSPS) is 27.7. The number of ether oxygens (including phenoxy) is 3. The highest BCUT2D eigenvalue weighted by Crippen LogP contribution is 2.35. The number of hydrogen-bond donors (Lipinski definition) is 0. The van der Waals surface area contributed by atoms with E-state index in [1.165, 1.54) is 0 Å². The molecule has 1 fully saturated rings. The van der Waals surface area contributed by atoms with Crippen molar-refractivity contribution < 1.29 is 14.2 Å². The number of nitrogens with zero attached hydrogens (tertiary/aromatic N) is 1. The van der Waals surface area contributed by atoms with Crippen LogP contribution in [0.25, 0.3) is 0 Å². The standard InChI is InChI=1S/C13H15NO3/c1-13(16-9-12(17-13)7-8-14)10-3-5-11(15-2)6-4-10/h3-6,12H,7,9H2,1-2H3. The van der Waals surface area contributed by atoms with E-state index >= 15 is 0 Å². The fraction of sp³-hybridized carbons (Fsp3) is 0.462. The van der Waals surface area contributed by atoms with E-state index in [1.54, 1.807) is 7.11 Å². The van der Waals surface area contributed by atoms with Crippen LogP contribution in [0.15, 0.2) is 24.3 Å². The molecule has 90 valence electrons. The van der Waals surface area contributed by atoms with Crippen LogP contribution in [-0.2, 0) is 15.3 Å². The van der Waals surface area contributed by atoms with Gasteiger partial charge in [0.05, 0.1) is 32.3 Å². The van der Waals surface area contributed by atoms with Gasteiger partial charge < -0.3 is 14.2 Å². The summed E-state index contributed by atoms with van der Waals surface area (Å²) in [7, 11) is 1.63. The van der Waals surface area contributed by atoms with Crippen molar-refractivity contribution in [1.82, 2.24) is 0 Å². The first-order valence-electron chi connectivity index (χ1n) is 5.51. The minimum atomic E-state index is -0.756. The third kappa shape index (κ3) is 2.41. The summed E-state index contributed by atoms with van der Waals surface area (Å²) in [5, 5.41) is 8.63. The van der Waals surface area contributed by atoms with Crippen LogP contribution in [0, 0.1) is 11.3 Å². The maximum Gasteiger partial charge on any atom is 0.192 e. The molecule has 2 rings (SSSR count). The van der Waals surface area contributed by atoms with Crippen molar-refractivity contribution in [3.63, 3.8) is 0 Å². The summed E-state index contributed by atoms with van der Waals surface area (Å²) in [6.07, 6.45) is 0.207. The Kier molecular flexibility index (Phi) is 3.32. The molecule has 0 aromatic heterocycles. The second-order valence-electron chi connectivity index (χ2n) is 4.09. The molecule has 0 bridgehead atoms. The van der Waals surface area contributed by atoms with Gasteiger partial charge in [0.15, 0.2) is 5.79 Å². The molecule has 17 heavy (non-hydrogen) atoms. The van der Waals surface area contributed by atoms with Crippen molar-refractivity contribution in [2.45, 2.75) is 25.2 Å². The van der Waals surface area contributed by atoms with E-state index < -0.39 is 5.79 Å². The lowest BCUT2D eigenvalue weighted by Gasteiger charge is -2.23. The van der Waals surface area contributed by atoms with E-state index in [0.717, 1.165) is 11.3 Å². The molecule has 0 radical (unpaired) electrons. The summed E-state index contributed by atoms with van der Waals surface area (Å²) in [6.45, 7) is 2.32. The molecule has 4 heteroatoms. The lowest BCUT2D eigenvalue weighted by molar-refractivity contribution is -0.161. The van der Waals surface area contributed by atoms with Crippen molar-refractivity contribution in [2.24, 2.45) is 0 Å².